The lowest BCUT2D eigenvalue weighted by Crippen LogP contribution is -1.92. The van der Waals surface area contributed by atoms with Gasteiger partial charge in [-0.3, -0.25) is 4.79 Å². The molecule has 0 aromatic carbocycles. The average molecular weight is 172 g/mol. The lowest BCUT2D eigenvalue weighted by molar-refractivity contribution is -0.135. The van der Waals surface area contributed by atoms with Crippen molar-refractivity contribution in [1.82, 2.24) is 0 Å². The van der Waals surface area contributed by atoms with Crippen LogP contribution in [0.15, 0.2) is 25.0 Å². The Morgan fingerprint density at radius 1 is 1.42 bits per heavy atom. The largest absolute Gasteiger partial charge is 0.478 e. The van der Waals surface area contributed by atoms with Crippen LogP contribution >= 0.6 is 0 Å². The molecular formula is C8H12O4. The van der Waals surface area contributed by atoms with Gasteiger partial charge in [-0.05, 0) is 6.92 Å². The molecule has 0 fully saturated rings. The van der Waals surface area contributed by atoms with Gasteiger partial charge in [0.1, 0.15) is 0 Å². The average Bonchev–Trinajstić information content (AvgIpc) is 1.87. The fraction of sp³-hybridized carbons (Fsp3) is 0.250. The zero-order valence-electron chi connectivity index (χ0n) is 7.16. The van der Waals surface area contributed by atoms with E-state index in [9.17, 15) is 9.59 Å². The Balaban J connectivity index is 0. The summed E-state index contributed by atoms with van der Waals surface area (Å²) < 4.78 is 4.17. The molecule has 0 rings (SSSR count). The summed E-state index contributed by atoms with van der Waals surface area (Å²) in [6, 6.07) is 0. The van der Waals surface area contributed by atoms with Gasteiger partial charge < -0.3 is 9.84 Å². The topological polar surface area (TPSA) is 63.6 Å². The van der Waals surface area contributed by atoms with Crippen molar-refractivity contribution >= 4 is 11.9 Å². The van der Waals surface area contributed by atoms with Crippen LogP contribution in [-0.2, 0) is 14.3 Å². The molecule has 0 heterocycles. The van der Waals surface area contributed by atoms with Gasteiger partial charge in [0.2, 0.25) is 0 Å². The van der Waals surface area contributed by atoms with Crippen molar-refractivity contribution < 1.29 is 19.4 Å². The third-order valence-electron chi connectivity index (χ3n) is 0.614. The second-order valence-corrected chi connectivity index (χ2v) is 1.86. The van der Waals surface area contributed by atoms with Crippen LogP contribution in [0.2, 0.25) is 0 Å². The second-order valence-electron chi connectivity index (χ2n) is 1.86. The van der Waals surface area contributed by atoms with Gasteiger partial charge in [0, 0.05) is 12.5 Å². The van der Waals surface area contributed by atoms with Crippen LogP contribution in [0.5, 0.6) is 0 Å². The van der Waals surface area contributed by atoms with Gasteiger partial charge in [-0.1, -0.05) is 13.2 Å². The summed E-state index contributed by atoms with van der Waals surface area (Å²) in [6.45, 7) is 9.08. The highest BCUT2D eigenvalue weighted by molar-refractivity contribution is 5.84. The summed E-state index contributed by atoms with van der Waals surface area (Å²) >= 11 is 0. The highest BCUT2D eigenvalue weighted by Gasteiger charge is 1.90. The molecule has 0 atom stereocenters. The number of carbonyl (C=O) groups is 2. The van der Waals surface area contributed by atoms with E-state index < -0.39 is 5.97 Å². The van der Waals surface area contributed by atoms with Gasteiger partial charge in [0.05, 0.1) is 6.26 Å². The fourth-order valence-corrected chi connectivity index (χ4v) is 0.117. The molecule has 1 N–H and O–H groups in total. The number of rotatable bonds is 2. The molecule has 4 nitrogen and oxygen atoms in total. The van der Waals surface area contributed by atoms with E-state index in [1.165, 1.54) is 13.8 Å². The van der Waals surface area contributed by atoms with Crippen LogP contribution in [0, 0.1) is 0 Å². The van der Waals surface area contributed by atoms with Gasteiger partial charge in [-0.25, -0.2) is 4.79 Å². The molecule has 0 amide bonds. The van der Waals surface area contributed by atoms with Gasteiger partial charge in [0.15, 0.2) is 0 Å². The smallest absolute Gasteiger partial charge is 0.330 e. The van der Waals surface area contributed by atoms with Crippen molar-refractivity contribution in [1.29, 1.82) is 0 Å². The van der Waals surface area contributed by atoms with E-state index in [0.29, 0.717) is 0 Å². The Labute approximate surface area is 71.2 Å². The number of ether oxygens (including phenoxy) is 1. The van der Waals surface area contributed by atoms with E-state index in [0.717, 1.165) is 6.26 Å². The fourth-order valence-electron chi connectivity index (χ4n) is 0.117. The van der Waals surface area contributed by atoms with E-state index >= 15 is 0 Å². The molecule has 0 spiro atoms. The Hall–Kier alpha value is -1.58. The summed E-state index contributed by atoms with van der Waals surface area (Å²) in [5.74, 6) is -1.26. The van der Waals surface area contributed by atoms with Crippen molar-refractivity contribution in [3.63, 3.8) is 0 Å². The first-order valence-electron chi connectivity index (χ1n) is 3.08. The Morgan fingerprint density at radius 2 is 1.75 bits per heavy atom. The number of esters is 1. The maximum absolute atomic E-state index is 9.75. The first-order valence-corrected chi connectivity index (χ1v) is 3.08. The maximum atomic E-state index is 9.75. The van der Waals surface area contributed by atoms with Crippen LogP contribution in [-0.4, -0.2) is 17.0 Å². The maximum Gasteiger partial charge on any atom is 0.330 e. The first kappa shape index (κ1) is 13.0. The lowest BCUT2D eigenvalue weighted by atomic mass is 10.4. The predicted octanol–water partition coefficient (Wildman–Crippen LogP) is 1.34. The zero-order chi connectivity index (χ0) is 10.1. The third kappa shape index (κ3) is 15.8. The number of carbonyl (C=O) groups excluding carboxylic acids is 1. The van der Waals surface area contributed by atoms with E-state index in [1.54, 1.807) is 0 Å². The van der Waals surface area contributed by atoms with E-state index in [4.69, 9.17) is 5.11 Å². The summed E-state index contributed by atoms with van der Waals surface area (Å²) in [6.07, 6.45) is 1.10. The number of hydrogen-bond acceptors (Lipinski definition) is 3. The Kier molecular flexibility index (Phi) is 8.18. The minimum atomic E-state index is -0.935. The minimum Gasteiger partial charge on any atom is -0.478 e. The molecule has 0 bridgehead atoms. The minimum absolute atomic E-state index is 0.176. The van der Waals surface area contributed by atoms with Crippen LogP contribution in [0.4, 0.5) is 0 Å². The number of carboxylic acids is 1. The van der Waals surface area contributed by atoms with Crippen molar-refractivity contribution in [2.24, 2.45) is 0 Å². The van der Waals surface area contributed by atoms with Gasteiger partial charge in [-0.2, -0.15) is 0 Å². The molecule has 0 radical (unpaired) electrons. The molecule has 68 valence electrons. The molecule has 0 aromatic rings. The molecule has 0 aromatic heterocycles. The van der Waals surface area contributed by atoms with Crippen molar-refractivity contribution in [2.45, 2.75) is 13.8 Å². The number of carboxylic acid groups (broad SMARTS) is 1. The van der Waals surface area contributed by atoms with Crippen LogP contribution in [0.25, 0.3) is 0 Å². The first-order chi connectivity index (χ1) is 5.41. The van der Waals surface area contributed by atoms with Crippen LogP contribution < -0.4 is 0 Å². The van der Waals surface area contributed by atoms with Gasteiger partial charge in [-0.15, -0.1) is 0 Å². The molecule has 0 aliphatic rings. The predicted molar refractivity (Wildman–Crippen MR) is 44.4 cm³/mol. The molecule has 0 saturated carbocycles. The van der Waals surface area contributed by atoms with E-state index in [1.807, 2.05) is 0 Å². The molecule has 0 aliphatic heterocycles. The Bertz CT molecular complexity index is 181. The molecule has 0 saturated heterocycles. The molecule has 12 heavy (non-hydrogen) atoms. The van der Waals surface area contributed by atoms with Gasteiger partial charge >= 0.3 is 11.9 Å². The third-order valence-corrected chi connectivity index (χ3v) is 0.614. The lowest BCUT2D eigenvalue weighted by Gasteiger charge is -1.83. The normalized spacial score (nSPS) is 7.17. The standard InChI is InChI=1S/2C4H6O2/c1-3-6-4(2)5;1-3(2)4(5)6/h3H,1H2,2H3;1H2,2H3,(H,5,6). The van der Waals surface area contributed by atoms with E-state index in [2.05, 4.69) is 17.9 Å². The van der Waals surface area contributed by atoms with Gasteiger partial charge in [0.25, 0.3) is 0 Å². The van der Waals surface area contributed by atoms with Crippen molar-refractivity contribution in [3.8, 4) is 0 Å². The van der Waals surface area contributed by atoms with Crippen molar-refractivity contribution in [2.75, 3.05) is 0 Å². The zero-order valence-corrected chi connectivity index (χ0v) is 7.16. The molecule has 4 heteroatoms. The summed E-state index contributed by atoms with van der Waals surface area (Å²) in [5.41, 5.74) is 0.176. The summed E-state index contributed by atoms with van der Waals surface area (Å²) in [5, 5.41) is 7.89. The quantitative estimate of drug-likeness (QED) is 0.388. The number of aliphatic carboxylic acids is 1. The molecule has 0 unspecified atom stereocenters. The monoisotopic (exact) mass is 172 g/mol. The van der Waals surface area contributed by atoms with E-state index in [-0.39, 0.29) is 11.5 Å². The second kappa shape index (κ2) is 7.53. The highest BCUT2D eigenvalue weighted by Crippen LogP contribution is 1.81. The highest BCUT2D eigenvalue weighted by atomic mass is 16.5. The van der Waals surface area contributed by atoms with Crippen LogP contribution in [0.1, 0.15) is 13.8 Å². The SMILES string of the molecule is C=C(C)C(=O)O.C=COC(C)=O. The summed E-state index contributed by atoms with van der Waals surface area (Å²) in [4.78, 5) is 19.3. The Morgan fingerprint density at radius 3 is 1.75 bits per heavy atom. The summed E-state index contributed by atoms with van der Waals surface area (Å²) in [7, 11) is 0. The van der Waals surface area contributed by atoms with Crippen LogP contribution in [0.3, 0.4) is 0 Å². The number of hydrogen-bond donors (Lipinski definition) is 1. The van der Waals surface area contributed by atoms with Crippen molar-refractivity contribution in [3.05, 3.63) is 25.0 Å². The molecule has 0 aliphatic carbocycles. The molecular weight excluding hydrogens is 160 g/mol.